The van der Waals surface area contributed by atoms with Crippen LogP contribution in [0.4, 0.5) is 5.69 Å². The van der Waals surface area contributed by atoms with Gasteiger partial charge in [-0.3, -0.25) is 14.5 Å². The molecule has 6 heteroatoms. The van der Waals surface area contributed by atoms with Crippen LogP contribution >= 0.6 is 11.3 Å². The van der Waals surface area contributed by atoms with Crippen LogP contribution < -0.4 is 10.2 Å². The number of carbonyl (C=O) groups excluding carboxylic acids is 2. The van der Waals surface area contributed by atoms with E-state index in [0.29, 0.717) is 24.1 Å². The van der Waals surface area contributed by atoms with Crippen molar-refractivity contribution in [3.05, 3.63) is 52.5 Å². The van der Waals surface area contributed by atoms with Crippen LogP contribution in [0, 0.1) is 25.7 Å². The highest BCUT2D eigenvalue weighted by atomic mass is 32.1. The molecule has 0 bridgehead atoms. The van der Waals surface area contributed by atoms with Crippen LogP contribution in [0.2, 0.25) is 0 Å². The van der Waals surface area contributed by atoms with E-state index in [2.05, 4.69) is 25.2 Å². The largest absolute Gasteiger partial charge is 0.351 e. The molecule has 174 valence electrons. The monoisotopic (exact) mass is 463 g/mol. The molecule has 1 aromatic carbocycles. The Kier molecular flexibility index (Phi) is 5.39. The van der Waals surface area contributed by atoms with Gasteiger partial charge in [0.05, 0.1) is 16.8 Å². The fraction of sp³-hybridized carbons (Fsp3) is 0.481. The third-order valence-electron chi connectivity index (χ3n) is 8.02. The van der Waals surface area contributed by atoms with Gasteiger partial charge in [-0.05, 0) is 73.7 Å². The standard InChI is InChI=1S/C27H33N3O2S/c1-16-9-10-18(3)22(13-16)30-25(31)23-14-24-21(11-12-33-24)29(23)15-27(30,5)26(32)28-20-8-6-7-17(2)19(20)4/h9-14,17,19-20H,6-8,15H2,1-5H3,(H,28,32). The smallest absolute Gasteiger partial charge is 0.275 e. The molecule has 1 fully saturated rings. The number of aromatic nitrogens is 1. The van der Waals surface area contributed by atoms with E-state index in [1.165, 1.54) is 6.42 Å². The Hall–Kier alpha value is -2.60. The van der Waals surface area contributed by atoms with Crippen molar-refractivity contribution in [3.63, 3.8) is 0 Å². The Bertz CT molecular complexity index is 1240. The number of aryl methyl sites for hydroxylation is 2. The Morgan fingerprint density at radius 3 is 2.73 bits per heavy atom. The van der Waals surface area contributed by atoms with Crippen molar-refractivity contribution in [2.24, 2.45) is 11.8 Å². The Morgan fingerprint density at radius 1 is 1.15 bits per heavy atom. The van der Waals surface area contributed by atoms with Gasteiger partial charge in [-0.25, -0.2) is 0 Å². The number of fused-ring (bicyclic) bond motifs is 3. The number of hydrogen-bond acceptors (Lipinski definition) is 3. The molecule has 2 aromatic heterocycles. The van der Waals surface area contributed by atoms with Gasteiger partial charge < -0.3 is 9.88 Å². The quantitative estimate of drug-likeness (QED) is 0.543. The summed E-state index contributed by atoms with van der Waals surface area (Å²) >= 11 is 1.63. The number of anilines is 1. The molecule has 4 atom stereocenters. The molecule has 5 nitrogen and oxygen atoms in total. The Balaban J connectivity index is 1.61. The van der Waals surface area contributed by atoms with Gasteiger partial charge in [-0.1, -0.05) is 38.8 Å². The molecule has 3 aromatic rings. The first-order chi connectivity index (χ1) is 15.7. The first kappa shape index (κ1) is 22.2. The minimum Gasteiger partial charge on any atom is -0.351 e. The zero-order valence-corrected chi connectivity index (χ0v) is 21.0. The summed E-state index contributed by atoms with van der Waals surface area (Å²) in [6.07, 6.45) is 3.33. The van der Waals surface area contributed by atoms with E-state index in [9.17, 15) is 9.59 Å². The van der Waals surface area contributed by atoms with Crippen LogP contribution in [0.5, 0.6) is 0 Å². The number of nitrogens with zero attached hydrogens (tertiary/aromatic N) is 2. The van der Waals surface area contributed by atoms with Crippen LogP contribution in [0.1, 0.15) is 61.6 Å². The fourth-order valence-electron chi connectivity index (χ4n) is 5.66. The van der Waals surface area contributed by atoms with Gasteiger partial charge in [0, 0.05) is 11.7 Å². The number of thiophene rings is 1. The van der Waals surface area contributed by atoms with Gasteiger partial charge in [0.2, 0.25) is 5.91 Å². The van der Waals surface area contributed by atoms with Crippen molar-refractivity contribution in [1.82, 2.24) is 9.88 Å². The van der Waals surface area contributed by atoms with Crippen molar-refractivity contribution < 1.29 is 9.59 Å². The van der Waals surface area contributed by atoms with Crippen LogP contribution in [-0.4, -0.2) is 28.0 Å². The summed E-state index contributed by atoms with van der Waals surface area (Å²) in [6.45, 7) is 10.9. The highest BCUT2D eigenvalue weighted by Gasteiger charge is 2.50. The van der Waals surface area contributed by atoms with Crippen LogP contribution in [0.3, 0.4) is 0 Å². The molecule has 0 radical (unpaired) electrons. The van der Waals surface area contributed by atoms with E-state index in [1.54, 1.807) is 16.2 Å². The minimum atomic E-state index is -1.03. The van der Waals surface area contributed by atoms with E-state index in [1.807, 2.05) is 55.0 Å². The maximum atomic E-state index is 14.1. The van der Waals surface area contributed by atoms with Crippen LogP contribution in [0.25, 0.3) is 10.2 Å². The molecular weight excluding hydrogens is 430 g/mol. The van der Waals surface area contributed by atoms with Gasteiger partial charge in [-0.15, -0.1) is 11.3 Å². The number of nitrogens with one attached hydrogen (secondary N) is 1. The second-order valence-electron chi connectivity index (χ2n) is 10.3. The average molecular weight is 464 g/mol. The molecule has 4 unspecified atom stereocenters. The maximum Gasteiger partial charge on any atom is 0.275 e. The molecule has 5 rings (SSSR count). The van der Waals surface area contributed by atoms with Crippen molar-refractivity contribution in [2.75, 3.05) is 4.90 Å². The van der Waals surface area contributed by atoms with Gasteiger partial charge in [0.15, 0.2) is 0 Å². The molecule has 2 aliphatic rings. The SMILES string of the molecule is Cc1ccc(C)c(N2C(=O)c3cc4sccc4n3CC2(C)C(=O)NC2CCCC(C)C2C)c1. The Morgan fingerprint density at radius 2 is 1.94 bits per heavy atom. The summed E-state index contributed by atoms with van der Waals surface area (Å²) in [5.74, 6) is 0.832. The summed E-state index contributed by atoms with van der Waals surface area (Å²) in [7, 11) is 0. The first-order valence-corrected chi connectivity index (χ1v) is 12.9. The van der Waals surface area contributed by atoms with Crippen LogP contribution in [0.15, 0.2) is 35.7 Å². The summed E-state index contributed by atoms with van der Waals surface area (Å²) in [5.41, 5.74) is 3.54. The third-order valence-corrected chi connectivity index (χ3v) is 8.88. The van der Waals surface area contributed by atoms with Crippen molar-refractivity contribution in [2.45, 2.75) is 72.0 Å². The lowest BCUT2D eigenvalue weighted by atomic mass is 9.77. The fourth-order valence-corrected chi connectivity index (χ4v) is 6.48. The molecule has 2 amide bonds. The summed E-state index contributed by atoms with van der Waals surface area (Å²) in [5, 5.41) is 5.43. The lowest BCUT2D eigenvalue weighted by Gasteiger charge is -2.46. The molecule has 1 N–H and O–H groups in total. The zero-order chi connectivity index (χ0) is 23.5. The lowest BCUT2D eigenvalue weighted by molar-refractivity contribution is -0.128. The number of hydrogen-bond donors (Lipinski definition) is 1. The van der Waals surface area contributed by atoms with Crippen molar-refractivity contribution in [3.8, 4) is 0 Å². The molecule has 1 saturated carbocycles. The number of carbonyl (C=O) groups is 2. The molecular formula is C27H33N3O2S. The molecule has 0 spiro atoms. The van der Waals surface area contributed by atoms with Gasteiger partial charge in [0.25, 0.3) is 5.91 Å². The molecule has 3 heterocycles. The third kappa shape index (κ3) is 3.50. The van der Waals surface area contributed by atoms with Gasteiger partial charge >= 0.3 is 0 Å². The Labute approximate surface area is 199 Å². The lowest BCUT2D eigenvalue weighted by Crippen LogP contribution is -2.66. The van der Waals surface area contributed by atoms with E-state index >= 15 is 0 Å². The number of rotatable bonds is 3. The van der Waals surface area contributed by atoms with E-state index in [0.717, 1.165) is 39.9 Å². The van der Waals surface area contributed by atoms with Gasteiger partial charge in [0.1, 0.15) is 11.2 Å². The highest BCUT2D eigenvalue weighted by molar-refractivity contribution is 7.17. The predicted molar refractivity (Wildman–Crippen MR) is 135 cm³/mol. The topological polar surface area (TPSA) is 54.3 Å². The van der Waals surface area contributed by atoms with E-state index in [-0.39, 0.29) is 17.9 Å². The second-order valence-corrected chi connectivity index (χ2v) is 11.3. The normalized spacial score (nSPS) is 27.6. The van der Waals surface area contributed by atoms with E-state index < -0.39 is 5.54 Å². The van der Waals surface area contributed by atoms with Gasteiger partial charge in [-0.2, -0.15) is 0 Å². The summed E-state index contributed by atoms with van der Waals surface area (Å²) in [4.78, 5) is 29.8. The highest BCUT2D eigenvalue weighted by Crippen LogP contribution is 2.39. The number of benzene rings is 1. The zero-order valence-electron chi connectivity index (χ0n) is 20.1. The maximum absolute atomic E-state index is 14.1. The molecule has 1 aliphatic heterocycles. The van der Waals surface area contributed by atoms with Crippen molar-refractivity contribution in [1.29, 1.82) is 0 Å². The molecule has 0 saturated heterocycles. The minimum absolute atomic E-state index is 0.0644. The summed E-state index contributed by atoms with van der Waals surface area (Å²) in [6, 6.07) is 10.3. The van der Waals surface area contributed by atoms with Crippen LogP contribution in [-0.2, 0) is 11.3 Å². The first-order valence-electron chi connectivity index (χ1n) is 12.0. The average Bonchev–Trinajstić information content (AvgIpc) is 3.36. The summed E-state index contributed by atoms with van der Waals surface area (Å²) < 4.78 is 3.13. The predicted octanol–water partition coefficient (Wildman–Crippen LogP) is 5.68. The van der Waals surface area contributed by atoms with E-state index in [4.69, 9.17) is 0 Å². The molecule has 33 heavy (non-hydrogen) atoms. The van der Waals surface area contributed by atoms with Crippen molar-refractivity contribution >= 4 is 39.1 Å². The molecule has 1 aliphatic carbocycles. The number of amides is 2. The second kappa shape index (κ2) is 8.01.